The SMILES string of the molecule is CCCc1ccc(Oc2c(C(F)(F)F)oc3c(CN(CC(C)C)CC(C)C)c(OC(=O)c4ccc(OCC)cc4)ccc3c2=O)cc1. The molecule has 4 rings (SSSR count). The molecule has 0 saturated heterocycles. The van der Waals surface area contributed by atoms with Gasteiger partial charge in [0, 0.05) is 19.6 Å². The summed E-state index contributed by atoms with van der Waals surface area (Å²) >= 11 is 0. The average molecular weight is 654 g/mol. The smallest absolute Gasteiger partial charge is 0.453 e. The Balaban J connectivity index is 1.87. The molecule has 0 amide bonds. The molecule has 4 aromatic rings. The Morgan fingerprint density at radius 3 is 2.04 bits per heavy atom. The molecule has 1 heterocycles. The molecule has 1 aromatic heterocycles. The second kappa shape index (κ2) is 15.5. The molecule has 0 unspecified atom stereocenters. The third-order valence-electron chi connectivity index (χ3n) is 7.25. The molecule has 252 valence electrons. The fourth-order valence-electron chi connectivity index (χ4n) is 5.41. The van der Waals surface area contributed by atoms with E-state index in [2.05, 4.69) is 0 Å². The van der Waals surface area contributed by atoms with Gasteiger partial charge in [-0.3, -0.25) is 9.69 Å². The Bertz CT molecular complexity index is 1700. The molecule has 0 fully saturated rings. The molecule has 0 atom stereocenters. The lowest BCUT2D eigenvalue weighted by Crippen LogP contribution is -2.31. The fourth-order valence-corrected chi connectivity index (χ4v) is 5.41. The average Bonchev–Trinajstić information content (AvgIpc) is 3.00. The normalized spacial score (nSPS) is 11.9. The molecule has 0 aliphatic rings. The monoisotopic (exact) mass is 653 g/mol. The summed E-state index contributed by atoms with van der Waals surface area (Å²) in [7, 11) is 0. The quantitative estimate of drug-likeness (QED) is 0.0992. The topological polar surface area (TPSA) is 78.2 Å². The van der Waals surface area contributed by atoms with Crippen molar-refractivity contribution in [1.29, 1.82) is 0 Å². The van der Waals surface area contributed by atoms with Crippen molar-refractivity contribution in [3.05, 3.63) is 93.3 Å². The number of ether oxygens (including phenoxy) is 3. The number of hydrogen-bond acceptors (Lipinski definition) is 7. The molecule has 7 nitrogen and oxygen atoms in total. The van der Waals surface area contributed by atoms with Gasteiger partial charge >= 0.3 is 12.1 Å². The van der Waals surface area contributed by atoms with Crippen LogP contribution in [0.4, 0.5) is 13.2 Å². The Hall–Kier alpha value is -4.31. The van der Waals surface area contributed by atoms with Crippen LogP contribution in [-0.4, -0.2) is 30.6 Å². The van der Waals surface area contributed by atoms with Gasteiger partial charge in [0.1, 0.15) is 22.8 Å². The summed E-state index contributed by atoms with van der Waals surface area (Å²) in [4.78, 5) is 29.1. The highest BCUT2D eigenvalue weighted by molar-refractivity contribution is 5.92. The van der Waals surface area contributed by atoms with Gasteiger partial charge < -0.3 is 18.6 Å². The van der Waals surface area contributed by atoms with Gasteiger partial charge in [-0.15, -0.1) is 0 Å². The summed E-state index contributed by atoms with van der Waals surface area (Å²) in [5, 5.41) is -0.125. The Morgan fingerprint density at radius 2 is 1.49 bits per heavy atom. The molecule has 0 spiro atoms. The van der Waals surface area contributed by atoms with E-state index in [4.69, 9.17) is 18.6 Å². The molecule has 3 aromatic carbocycles. The Labute approximate surface area is 273 Å². The third kappa shape index (κ3) is 9.16. The summed E-state index contributed by atoms with van der Waals surface area (Å²) in [6.07, 6.45) is -3.37. The number of halogens is 3. The van der Waals surface area contributed by atoms with E-state index < -0.39 is 29.1 Å². The number of benzene rings is 3. The molecule has 0 N–H and O–H groups in total. The largest absolute Gasteiger partial charge is 0.494 e. The summed E-state index contributed by atoms with van der Waals surface area (Å²) in [6, 6.07) is 15.6. The van der Waals surface area contributed by atoms with Crippen molar-refractivity contribution in [3.8, 4) is 23.0 Å². The highest BCUT2D eigenvalue weighted by Gasteiger charge is 2.41. The number of carbonyl (C=O) groups is 1. The first-order valence-corrected chi connectivity index (χ1v) is 15.9. The molecule has 0 saturated carbocycles. The number of alkyl halides is 3. The van der Waals surface area contributed by atoms with Crippen LogP contribution in [0.15, 0.2) is 69.9 Å². The lowest BCUT2D eigenvalue weighted by Gasteiger charge is -2.27. The number of aryl methyl sites for hydroxylation is 1. The number of nitrogens with zero attached hydrogens (tertiary/aromatic N) is 1. The van der Waals surface area contributed by atoms with Gasteiger partial charge in [-0.2, -0.15) is 13.2 Å². The van der Waals surface area contributed by atoms with Gasteiger partial charge in [0.05, 0.1) is 23.1 Å². The van der Waals surface area contributed by atoms with E-state index in [0.29, 0.717) is 25.4 Å². The second-order valence-electron chi connectivity index (χ2n) is 12.3. The van der Waals surface area contributed by atoms with Gasteiger partial charge in [-0.05, 0) is 79.3 Å². The van der Waals surface area contributed by atoms with Crippen molar-refractivity contribution < 1.29 is 36.6 Å². The van der Waals surface area contributed by atoms with Crippen LogP contribution in [0, 0.1) is 11.8 Å². The summed E-state index contributed by atoms with van der Waals surface area (Å²) in [5.41, 5.74) is 0.0577. The predicted octanol–water partition coefficient (Wildman–Crippen LogP) is 9.29. The molecule has 0 aliphatic carbocycles. The van der Waals surface area contributed by atoms with Crippen molar-refractivity contribution in [2.24, 2.45) is 11.8 Å². The maximum absolute atomic E-state index is 14.6. The summed E-state index contributed by atoms with van der Waals surface area (Å²) in [5.74, 6) is -2.17. The number of esters is 1. The summed E-state index contributed by atoms with van der Waals surface area (Å²) < 4.78 is 66.1. The van der Waals surface area contributed by atoms with Gasteiger partial charge in [-0.25, -0.2) is 4.79 Å². The predicted molar refractivity (Wildman–Crippen MR) is 176 cm³/mol. The van der Waals surface area contributed by atoms with E-state index in [1.54, 1.807) is 24.3 Å². The molecule has 0 aliphatic heterocycles. The van der Waals surface area contributed by atoms with Crippen LogP contribution in [0.3, 0.4) is 0 Å². The van der Waals surface area contributed by atoms with Crippen molar-refractivity contribution in [3.63, 3.8) is 0 Å². The van der Waals surface area contributed by atoms with E-state index in [1.165, 1.54) is 36.4 Å². The molecular weight excluding hydrogens is 611 g/mol. The maximum Gasteiger partial charge on any atom is 0.453 e. The maximum atomic E-state index is 14.6. The highest BCUT2D eigenvalue weighted by Crippen LogP contribution is 2.40. The zero-order valence-corrected chi connectivity index (χ0v) is 27.7. The van der Waals surface area contributed by atoms with Crippen LogP contribution in [0.1, 0.15) is 75.2 Å². The molecule has 47 heavy (non-hydrogen) atoms. The van der Waals surface area contributed by atoms with E-state index in [0.717, 1.165) is 18.4 Å². The first-order chi connectivity index (χ1) is 22.3. The van der Waals surface area contributed by atoms with E-state index in [1.807, 2.05) is 46.4 Å². The Kier molecular flexibility index (Phi) is 11.7. The molecule has 10 heteroatoms. The van der Waals surface area contributed by atoms with Crippen LogP contribution in [0.25, 0.3) is 11.0 Å². The van der Waals surface area contributed by atoms with Gasteiger partial charge in [-0.1, -0.05) is 53.2 Å². The second-order valence-corrected chi connectivity index (χ2v) is 12.3. The zero-order valence-electron chi connectivity index (χ0n) is 27.7. The number of carbonyl (C=O) groups excluding carboxylic acids is 1. The van der Waals surface area contributed by atoms with Crippen molar-refractivity contribution >= 4 is 16.9 Å². The third-order valence-corrected chi connectivity index (χ3v) is 7.25. The lowest BCUT2D eigenvalue weighted by molar-refractivity contribution is -0.154. The highest BCUT2D eigenvalue weighted by atomic mass is 19.4. The molecule has 0 radical (unpaired) electrons. The van der Waals surface area contributed by atoms with Crippen LogP contribution >= 0.6 is 0 Å². The first-order valence-electron chi connectivity index (χ1n) is 15.9. The van der Waals surface area contributed by atoms with Crippen LogP contribution < -0.4 is 19.6 Å². The number of hydrogen-bond donors (Lipinski definition) is 0. The minimum Gasteiger partial charge on any atom is -0.494 e. The van der Waals surface area contributed by atoms with Crippen molar-refractivity contribution in [2.45, 2.75) is 67.1 Å². The fraction of sp³-hybridized carbons (Fsp3) is 0.405. The standard InChI is InChI=1S/C37H42F3NO6/c1-7-9-25-10-14-28(15-11-25)45-34-32(42)29-18-19-31(46-36(43)26-12-16-27(17-13-26)44-8-2)30(33(29)47-35(34)37(38,39)40)22-41(20-23(3)4)21-24(5)6/h10-19,23-24H,7-9,20-22H2,1-6H3. The van der Waals surface area contributed by atoms with Crippen LogP contribution in [0.2, 0.25) is 0 Å². The first kappa shape index (κ1) is 35.5. The number of fused-ring (bicyclic) bond motifs is 1. The zero-order chi connectivity index (χ0) is 34.3. The number of rotatable bonds is 14. The van der Waals surface area contributed by atoms with E-state index >= 15 is 0 Å². The summed E-state index contributed by atoms with van der Waals surface area (Å²) in [6.45, 7) is 13.7. The van der Waals surface area contributed by atoms with Crippen molar-refractivity contribution in [1.82, 2.24) is 4.90 Å². The van der Waals surface area contributed by atoms with Gasteiger partial charge in [0.25, 0.3) is 5.76 Å². The van der Waals surface area contributed by atoms with Crippen LogP contribution in [-0.2, 0) is 19.1 Å². The molecular formula is C37H42F3NO6. The van der Waals surface area contributed by atoms with Gasteiger partial charge in [0.2, 0.25) is 11.2 Å². The Morgan fingerprint density at radius 1 is 0.872 bits per heavy atom. The molecule has 0 bridgehead atoms. The van der Waals surface area contributed by atoms with Gasteiger partial charge in [0.15, 0.2) is 0 Å². The van der Waals surface area contributed by atoms with Crippen LogP contribution in [0.5, 0.6) is 23.0 Å². The van der Waals surface area contributed by atoms with E-state index in [9.17, 15) is 22.8 Å². The minimum absolute atomic E-state index is 0.00893. The minimum atomic E-state index is -5.06. The van der Waals surface area contributed by atoms with Crippen molar-refractivity contribution in [2.75, 3.05) is 19.7 Å². The lowest BCUT2D eigenvalue weighted by atomic mass is 10.1. The van der Waals surface area contributed by atoms with E-state index in [-0.39, 0.29) is 52.0 Å².